The molecule has 4 saturated carbocycles. The van der Waals surface area contributed by atoms with E-state index in [1.165, 1.54) is 49.9 Å². The third-order valence-electron chi connectivity index (χ3n) is 7.46. The van der Waals surface area contributed by atoms with Crippen molar-refractivity contribution in [2.75, 3.05) is 6.54 Å². The summed E-state index contributed by atoms with van der Waals surface area (Å²) in [7, 11) is 0. The van der Waals surface area contributed by atoms with Gasteiger partial charge in [0.15, 0.2) is 0 Å². The third kappa shape index (κ3) is 4.22. The SMILES string of the molecule is CC(C)Sc1sc(C(=O)NCC23CC4CC(CC(C4)C2)C3)c(-c2ccc(Cl)cc2)c1C#N. The van der Waals surface area contributed by atoms with Gasteiger partial charge in [-0.3, -0.25) is 4.79 Å². The zero-order valence-electron chi connectivity index (χ0n) is 18.6. The summed E-state index contributed by atoms with van der Waals surface area (Å²) in [6.07, 6.45) is 8.02. The van der Waals surface area contributed by atoms with E-state index in [-0.39, 0.29) is 11.3 Å². The molecule has 3 nitrogen and oxygen atoms in total. The van der Waals surface area contributed by atoms with Gasteiger partial charge in [0.25, 0.3) is 5.91 Å². The van der Waals surface area contributed by atoms with Crippen molar-refractivity contribution in [2.45, 2.75) is 61.8 Å². The minimum Gasteiger partial charge on any atom is -0.351 e. The number of carbonyl (C=O) groups is 1. The Bertz CT molecular complexity index is 1030. The molecule has 1 heterocycles. The van der Waals surface area contributed by atoms with Crippen molar-refractivity contribution in [2.24, 2.45) is 23.2 Å². The number of nitrogens with one attached hydrogen (secondary N) is 1. The van der Waals surface area contributed by atoms with Gasteiger partial charge in [-0.25, -0.2) is 0 Å². The van der Waals surface area contributed by atoms with Gasteiger partial charge in [-0.05, 0) is 79.4 Å². The van der Waals surface area contributed by atoms with Gasteiger partial charge in [0.1, 0.15) is 10.9 Å². The lowest BCUT2D eigenvalue weighted by Crippen LogP contribution is -2.51. The minimum absolute atomic E-state index is 0.0391. The molecule has 6 rings (SSSR count). The van der Waals surface area contributed by atoms with Gasteiger partial charge < -0.3 is 5.32 Å². The zero-order chi connectivity index (χ0) is 22.5. The first-order valence-electron chi connectivity index (χ1n) is 11.6. The van der Waals surface area contributed by atoms with Crippen LogP contribution < -0.4 is 5.32 Å². The van der Waals surface area contributed by atoms with E-state index in [0.717, 1.165) is 39.6 Å². The lowest BCUT2D eigenvalue weighted by molar-refractivity contribution is -0.0503. The summed E-state index contributed by atoms with van der Waals surface area (Å²) in [5, 5.41) is 14.3. The van der Waals surface area contributed by atoms with Crippen LogP contribution in [0.15, 0.2) is 28.5 Å². The van der Waals surface area contributed by atoms with Crippen LogP contribution in [0.5, 0.6) is 0 Å². The van der Waals surface area contributed by atoms with Gasteiger partial charge in [-0.15, -0.1) is 23.1 Å². The molecule has 0 spiro atoms. The van der Waals surface area contributed by atoms with E-state index in [1.54, 1.807) is 11.8 Å². The average Bonchev–Trinajstić information content (AvgIpc) is 3.09. The highest BCUT2D eigenvalue weighted by Gasteiger charge is 2.50. The van der Waals surface area contributed by atoms with Gasteiger partial charge in [-0.1, -0.05) is 37.6 Å². The second kappa shape index (κ2) is 8.70. The van der Waals surface area contributed by atoms with Gasteiger partial charge in [0.2, 0.25) is 0 Å². The highest BCUT2D eigenvalue weighted by molar-refractivity contribution is 8.01. The molecular formula is C26H29ClN2OS2. The Morgan fingerprint density at radius 2 is 1.78 bits per heavy atom. The number of benzene rings is 1. The van der Waals surface area contributed by atoms with Gasteiger partial charge in [0, 0.05) is 22.4 Å². The molecule has 32 heavy (non-hydrogen) atoms. The van der Waals surface area contributed by atoms with E-state index in [0.29, 0.717) is 20.7 Å². The Morgan fingerprint density at radius 1 is 1.19 bits per heavy atom. The molecule has 0 saturated heterocycles. The van der Waals surface area contributed by atoms with Crippen molar-refractivity contribution in [3.63, 3.8) is 0 Å². The number of amides is 1. The summed E-state index contributed by atoms with van der Waals surface area (Å²) in [6.45, 7) is 4.99. The van der Waals surface area contributed by atoms with Crippen LogP contribution in [0.2, 0.25) is 5.02 Å². The smallest absolute Gasteiger partial charge is 0.262 e. The second-order valence-corrected chi connectivity index (χ2v) is 13.7. The number of thioether (sulfide) groups is 1. The standard InChI is InChI=1S/C26H29ClN2OS2/c1-15(2)31-25-21(13-28)22(19-3-5-20(27)6-4-19)23(32-25)24(30)29-14-26-10-16-7-17(11-26)9-18(8-16)12-26/h3-6,15-18H,7-12,14H2,1-2H3,(H,29,30). The fourth-order valence-corrected chi connectivity index (χ4v) is 9.48. The van der Waals surface area contributed by atoms with Gasteiger partial charge in [-0.2, -0.15) is 5.26 Å². The summed E-state index contributed by atoms with van der Waals surface area (Å²) in [5.74, 6) is 2.55. The first-order chi connectivity index (χ1) is 15.4. The van der Waals surface area contributed by atoms with E-state index < -0.39 is 0 Å². The molecule has 0 unspecified atom stereocenters. The Hall–Kier alpha value is -1.48. The van der Waals surface area contributed by atoms with Crippen molar-refractivity contribution in [3.8, 4) is 17.2 Å². The van der Waals surface area contributed by atoms with Crippen LogP contribution in [0.25, 0.3) is 11.1 Å². The van der Waals surface area contributed by atoms with E-state index in [2.05, 4.69) is 25.2 Å². The van der Waals surface area contributed by atoms with Crippen molar-refractivity contribution >= 4 is 40.6 Å². The Balaban J connectivity index is 1.44. The maximum absolute atomic E-state index is 13.5. The molecule has 1 amide bonds. The van der Waals surface area contributed by atoms with E-state index in [1.807, 2.05) is 24.3 Å². The van der Waals surface area contributed by atoms with Crippen molar-refractivity contribution in [1.82, 2.24) is 5.32 Å². The fraction of sp³-hybridized carbons (Fsp3) is 0.538. The maximum Gasteiger partial charge on any atom is 0.262 e. The van der Waals surface area contributed by atoms with Gasteiger partial charge in [0.05, 0.1) is 9.77 Å². The molecule has 0 radical (unpaired) electrons. The summed E-state index contributed by atoms with van der Waals surface area (Å²) >= 11 is 9.22. The van der Waals surface area contributed by atoms with Crippen molar-refractivity contribution in [1.29, 1.82) is 5.26 Å². The van der Waals surface area contributed by atoms with E-state index in [4.69, 9.17) is 11.6 Å². The second-order valence-electron chi connectivity index (χ2n) is 10.4. The predicted octanol–water partition coefficient (Wildman–Crippen LogP) is 7.39. The van der Waals surface area contributed by atoms with Crippen LogP contribution in [0.1, 0.15) is 67.6 Å². The van der Waals surface area contributed by atoms with Crippen LogP contribution in [-0.4, -0.2) is 17.7 Å². The molecule has 0 aliphatic heterocycles. The first-order valence-corrected chi connectivity index (χ1v) is 13.7. The third-order valence-corrected chi connectivity index (χ3v) is 10.1. The van der Waals surface area contributed by atoms with Crippen molar-refractivity contribution in [3.05, 3.63) is 39.7 Å². The highest BCUT2D eigenvalue weighted by atomic mass is 35.5. The van der Waals surface area contributed by atoms with E-state index >= 15 is 0 Å². The van der Waals surface area contributed by atoms with Crippen LogP contribution in [0.3, 0.4) is 0 Å². The Labute approximate surface area is 203 Å². The molecule has 1 N–H and O–H groups in total. The maximum atomic E-state index is 13.5. The fourth-order valence-electron chi connectivity index (χ4n) is 6.72. The molecule has 6 heteroatoms. The highest BCUT2D eigenvalue weighted by Crippen LogP contribution is 2.59. The monoisotopic (exact) mass is 484 g/mol. The molecule has 168 valence electrons. The van der Waals surface area contributed by atoms with Gasteiger partial charge >= 0.3 is 0 Å². The number of rotatable bonds is 6. The topological polar surface area (TPSA) is 52.9 Å². The molecule has 4 bridgehead atoms. The van der Waals surface area contributed by atoms with Crippen LogP contribution >= 0.6 is 34.7 Å². The Morgan fingerprint density at radius 3 is 2.31 bits per heavy atom. The number of carbonyl (C=O) groups excluding carboxylic acids is 1. The first kappa shape index (κ1) is 22.3. The summed E-state index contributed by atoms with van der Waals surface area (Å²) in [4.78, 5) is 14.2. The number of nitriles is 1. The Kier molecular flexibility index (Phi) is 6.07. The van der Waals surface area contributed by atoms with Crippen LogP contribution in [0, 0.1) is 34.5 Å². The van der Waals surface area contributed by atoms with Crippen molar-refractivity contribution < 1.29 is 4.79 Å². The van der Waals surface area contributed by atoms with E-state index in [9.17, 15) is 10.1 Å². The summed E-state index contributed by atoms with van der Waals surface area (Å²) in [6, 6.07) is 9.84. The molecule has 4 aliphatic carbocycles. The number of hydrogen-bond donors (Lipinski definition) is 1. The number of thiophene rings is 1. The number of hydrogen-bond acceptors (Lipinski definition) is 4. The molecule has 4 fully saturated rings. The lowest BCUT2D eigenvalue weighted by atomic mass is 9.49. The number of nitrogens with zero attached hydrogens (tertiary/aromatic N) is 1. The molecule has 4 aliphatic rings. The molecular weight excluding hydrogens is 456 g/mol. The number of halogens is 1. The lowest BCUT2D eigenvalue weighted by Gasteiger charge is -2.56. The summed E-state index contributed by atoms with van der Waals surface area (Å²) < 4.78 is 0.924. The largest absolute Gasteiger partial charge is 0.351 e. The molecule has 0 atom stereocenters. The normalized spacial score (nSPS) is 28.2. The molecule has 1 aromatic heterocycles. The quantitative estimate of drug-likeness (QED) is 0.435. The molecule has 1 aromatic carbocycles. The summed E-state index contributed by atoms with van der Waals surface area (Å²) in [5.41, 5.74) is 2.52. The van der Waals surface area contributed by atoms with Crippen LogP contribution in [0.4, 0.5) is 0 Å². The molecule has 2 aromatic rings. The minimum atomic E-state index is -0.0391. The van der Waals surface area contributed by atoms with Crippen LogP contribution in [-0.2, 0) is 0 Å². The predicted molar refractivity (Wildman–Crippen MR) is 133 cm³/mol. The zero-order valence-corrected chi connectivity index (χ0v) is 21.0. The average molecular weight is 485 g/mol.